The molecular formula is C17H14N2O4S2. The molecule has 0 aromatic heterocycles. The third-order valence-corrected chi connectivity index (χ3v) is 4.89. The van der Waals surface area contributed by atoms with Gasteiger partial charge in [-0.25, -0.2) is 9.10 Å². The van der Waals surface area contributed by atoms with E-state index < -0.39 is 16.1 Å². The molecule has 0 radical (unpaired) electrons. The highest BCUT2D eigenvalue weighted by Crippen LogP contribution is 2.32. The molecule has 3 aromatic rings. The number of rotatable bonds is 3. The lowest BCUT2D eigenvalue weighted by atomic mass is 10.1. The van der Waals surface area contributed by atoms with Crippen LogP contribution in [0.4, 0.5) is 16.2 Å². The summed E-state index contributed by atoms with van der Waals surface area (Å²) in [5.41, 5.74) is 0.991. The number of amides is 2. The average Bonchev–Trinajstić information content (AvgIpc) is 2.60. The van der Waals surface area contributed by atoms with Crippen LogP contribution in [-0.4, -0.2) is 19.0 Å². The third kappa shape index (κ3) is 3.60. The Balaban J connectivity index is 2.03. The zero-order valence-corrected chi connectivity index (χ0v) is 14.5. The second-order valence-corrected chi connectivity index (χ2v) is 7.00. The molecule has 3 aromatic carbocycles. The summed E-state index contributed by atoms with van der Waals surface area (Å²) in [5, 5.41) is 3.46. The summed E-state index contributed by atoms with van der Waals surface area (Å²) >= 11 is 4.24. The Hall–Kier alpha value is -2.55. The Morgan fingerprint density at radius 1 is 0.920 bits per heavy atom. The molecule has 0 spiro atoms. The van der Waals surface area contributed by atoms with Crippen molar-refractivity contribution in [3.63, 3.8) is 0 Å². The molecule has 2 N–H and O–H groups in total. The standard InChI is InChI=1S/C17H14N2O4S2/c20-17(18-12-6-2-1-3-7-12)19(24)15-10-11-16(25(21,22)23)14-9-5-4-8-13(14)15/h1-11,24H,(H,18,20)(H,21,22,23). The number of carbonyl (C=O) groups is 1. The predicted octanol–water partition coefficient (Wildman–Crippen LogP) is 3.97. The molecule has 2 amide bonds. The normalized spacial score (nSPS) is 11.3. The molecular weight excluding hydrogens is 360 g/mol. The minimum atomic E-state index is -4.38. The number of thiol groups is 1. The van der Waals surface area contributed by atoms with Crippen molar-refractivity contribution in [2.24, 2.45) is 0 Å². The topological polar surface area (TPSA) is 86.7 Å². The van der Waals surface area contributed by atoms with Gasteiger partial charge in [0.05, 0.1) is 5.69 Å². The van der Waals surface area contributed by atoms with Crippen LogP contribution < -0.4 is 9.62 Å². The lowest BCUT2D eigenvalue weighted by Crippen LogP contribution is -2.27. The Bertz CT molecular complexity index is 1040. The molecule has 6 nitrogen and oxygen atoms in total. The van der Waals surface area contributed by atoms with E-state index in [4.69, 9.17) is 0 Å². The number of hydrogen-bond donors (Lipinski definition) is 3. The first kappa shape index (κ1) is 17.3. The maximum absolute atomic E-state index is 12.4. The van der Waals surface area contributed by atoms with Crippen molar-refractivity contribution in [2.75, 3.05) is 9.62 Å². The quantitative estimate of drug-likeness (QED) is 0.478. The number of nitrogens with zero attached hydrogens (tertiary/aromatic N) is 1. The van der Waals surface area contributed by atoms with Crippen LogP contribution in [0.3, 0.4) is 0 Å². The largest absolute Gasteiger partial charge is 0.336 e. The van der Waals surface area contributed by atoms with E-state index in [1.54, 1.807) is 48.5 Å². The number of hydrogen-bond acceptors (Lipinski definition) is 4. The highest BCUT2D eigenvalue weighted by atomic mass is 32.2. The van der Waals surface area contributed by atoms with Crippen LogP contribution in [0.25, 0.3) is 10.8 Å². The molecule has 0 atom stereocenters. The van der Waals surface area contributed by atoms with Crippen molar-refractivity contribution in [3.8, 4) is 0 Å². The van der Waals surface area contributed by atoms with Crippen molar-refractivity contribution < 1.29 is 17.8 Å². The van der Waals surface area contributed by atoms with Gasteiger partial charge in [-0.05, 0) is 24.3 Å². The monoisotopic (exact) mass is 374 g/mol. The molecule has 0 fully saturated rings. The average molecular weight is 374 g/mol. The van der Waals surface area contributed by atoms with Crippen LogP contribution in [0.15, 0.2) is 71.6 Å². The van der Waals surface area contributed by atoms with Gasteiger partial charge >= 0.3 is 6.03 Å². The summed E-state index contributed by atoms with van der Waals surface area (Å²) in [4.78, 5) is 12.2. The second kappa shape index (κ2) is 6.75. The van der Waals surface area contributed by atoms with E-state index in [0.29, 0.717) is 22.1 Å². The highest BCUT2D eigenvalue weighted by Gasteiger charge is 2.20. The van der Waals surface area contributed by atoms with Crippen LogP contribution in [-0.2, 0) is 10.1 Å². The van der Waals surface area contributed by atoms with Gasteiger partial charge in [0, 0.05) is 16.5 Å². The van der Waals surface area contributed by atoms with Crippen LogP contribution in [0.5, 0.6) is 0 Å². The van der Waals surface area contributed by atoms with Crippen LogP contribution in [0.1, 0.15) is 0 Å². The van der Waals surface area contributed by atoms with Crippen LogP contribution in [0, 0.1) is 0 Å². The predicted molar refractivity (Wildman–Crippen MR) is 101 cm³/mol. The number of carbonyl (C=O) groups excluding carboxylic acids is 1. The van der Waals surface area contributed by atoms with Gasteiger partial charge in [-0.2, -0.15) is 8.42 Å². The fraction of sp³-hybridized carbons (Fsp3) is 0. The molecule has 0 aliphatic carbocycles. The van der Waals surface area contributed by atoms with Crippen molar-refractivity contribution in [1.29, 1.82) is 0 Å². The summed E-state index contributed by atoms with van der Waals surface area (Å²) in [7, 11) is -4.38. The van der Waals surface area contributed by atoms with Crippen LogP contribution in [0.2, 0.25) is 0 Å². The van der Waals surface area contributed by atoms with Crippen molar-refractivity contribution in [3.05, 3.63) is 66.7 Å². The summed E-state index contributed by atoms with van der Waals surface area (Å²) in [6.07, 6.45) is 0. The van der Waals surface area contributed by atoms with Gasteiger partial charge in [-0.15, -0.1) is 0 Å². The van der Waals surface area contributed by atoms with Gasteiger partial charge in [0.1, 0.15) is 4.90 Å². The van der Waals surface area contributed by atoms with Crippen molar-refractivity contribution in [1.82, 2.24) is 0 Å². The Morgan fingerprint density at radius 2 is 1.52 bits per heavy atom. The second-order valence-electron chi connectivity index (χ2n) is 5.21. The number of urea groups is 1. The van der Waals surface area contributed by atoms with E-state index in [1.807, 2.05) is 6.07 Å². The van der Waals surface area contributed by atoms with Crippen LogP contribution >= 0.6 is 12.8 Å². The number of anilines is 2. The molecule has 25 heavy (non-hydrogen) atoms. The molecule has 0 aliphatic heterocycles. The van der Waals surface area contributed by atoms with E-state index in [-0.39, 0.29) is 4.90 Å². The molecule has 0 saturated carbocycles. The summed E-state index contributed by atoms with van der Waals surface area (Å²) < 4.78 is 33.6. The van der Waals surface area contributed by atoms with E-state index in [2.05, 4.69) is 18.1 Å². The van der Waals surface area contributed by atoms with Gasteiger partial charge in [0.25, 0.3) is 10.1 Å². The lowest BCUT2D eigenvalue weighted by molar-refractivity contribution is 0.260. The number of fused-ring (bicyclic) bond motifs is 1. The minimum absolute atomic E-state index is 0.225. The third-order valence-electron chi connectivity index (χ3n) is 3.58. The summed E-state index contributed by atoms with van der Waals surface area (Å²) in [5.74, 6) is 0. The first-order valence-electron chi connectivity index (χ1n) is 7.22. The molecule has 128 valence electrons. The summed E-state index contributed by atoms with van der Waals surface area (Å²) in [6, 6.07) is 17.6. The zero-order valence-electron chi connectivity index (χ0n) is 12.8. The number of benzene rings is 3. The molecule has 8 heteroatoms. The SMILES string of the molecule is O=C(Nc1ccccc1)N(S)c1ccc(S(=O)(=O)O)c2ccccc12. The van der Waals surface area contributed by atoms with E-state index in [0.717, 1.165) is 4.31 Å². The van der Waals surface area contributed by atoms with E-state index >= 15 is 0 Å². The molecule has 3 rings (SSSR count). The van der Waals surface area contributed by atoms with Gasteiger partial charge in [0.15, 0.2) is 0 Å². The molecule has 0 aliphatic rings. The van der Waals surface area contributed by atoms with Crippen molar-refractivity contribution >= 4 is 51.1 Å². The zero-order chi connectivity index (χ0) is 18.0. The van der Waals surface area contributed by atoms with E-state index in [9.17, 15) is 17.8 Å². The number of para-hydroxylation sites is 1. The van der Waals surface area contributed by atoms with E-state index in [1.165, 1.54) is 12.1 Å². The Labute approximate surface area is 150 Å². The molecule has 0 bridgehead atoms. The Morgan fingerprint density at radius 3 is 2.16 bits per heavy atom. The Kier molecular flexibility index (Phi) is 4.67. The fourth-order valence-electron chi connectivity index (χ4n) is 2.47. The van der Waals surface area contributed by atoms with Gasteiger partial charge in [0.2, 0.25) is 0 Å². The molecule has 0 unspecified atom stereocenters. The maximum Gasteiger partial charge on any atom is 0.336 e. The molecule has 0 saturated heterocycles. The van der Waals surface area contributed by atoms with Crippen molar-refractivity contribution in [2.45, 2.75) is 4.90 Å². The first-order valence-corrected chi connectivity index (χ1v) is 9.06. The smallest absolute Gasteiger partial charge is 0.307 e. The minimum Gasteiger partial charge on any atom is -0.307 e. The highest BCUT2D eigenvalue weighted by molar-refractivity contribution is 7.86. The summed E-state index contributed by atoms with van der Waals surface area (Å²) in [6.45, 7) is 0. The van der Waals surface area contributed by atoms with Gasteiger partial charge in [-0.3, -0.25) is 4.55 Å². The number of nitrogens with one attached hydrogen (secondary N) is 1. The van der Waals surface area contributed by atoms with Gasteiger partial charge < -0.3 is 5.32 Å². The fourth-order valence-corrected chi connectivity index (χ4v) is 3.39. The molecule has 0 heterocycles. The first-order chi connectivity index (χ1) is 11.9. The lowest BCUT2D eigenvalue weighted by Gasteiger charge is -2.19. The maximum atomic E-state index is 12.4. The van der Waals surface area contributed by atoms with Gasteiger partial charge in [-0.1, -0.05) is 55.3 Å².